The summed E-state index contributed by atoms with van der Waals surface area (Å²) in [5, 5.41) is 3.11. The molecule has 0 radical (unpaired) electrons. The van der Waals surface area contributed by atoms with Crippen molar-refractivity contribution in [2.75, 3.05) is 33.1 Å². The summed E-state index contributed by atoms with van der Waals surface area (Å²) in [4.78, 5) is 46.2. The predicted octanol–water partition coefficient (Wildman–Crippen LogP) is 1.69. The van der Waals surface area contributed by atoms with E-state index in [2.05, 4.69) is 5.32 Å². The zero-order valence-electron chi connectivity index (χ0n) is 21.4. The predicted molar refractivity (Wildman–Crippen MR) is 130 cm³/mol. The van der Waals surface area contributed by atoms with Gasteiger partial charge in [-0.3, -0.25) is 19.2 Å². The zero-order valence-corrected chi connectivity index (χ0v) is 21.4. The Kier molecular flexibility index (Phi) is 20.8. The van der Waals surface area contributed by atoms with Crippen molar-refractivity contribution in [1.82, 2.24) is 5.32 Å². The van der Waals surface area contributed by atoms with Crippen molar-refractivity contribution in [3.8, 4) is 0 Å². The van der Waals surface area contributed by atoms with Crippen LogP contribution in [-0.2, 0) is 38.1 Å². The van der Waals surface area contributed by atoms with Crippen LogP contribution in [0.1, 0.15) is 84.5 Å². The van der Waals surface area contributed by atoms with Gasteiger partial charge in [0.15, 0.2) is 0 Å². The quantitative estimate of drug-likeness (QED) is 0.0850. The maximum absolute atomic E-state index is 11.7. The molecule has 0 aromatic heterocycles. The van der Waals surface area contributed by atoms with Gasteiger partial charge in [-0.05, 0) is 46.1 Å². The molecule has 0 aliphatic rings. The normalized spacial score (nSPS) is 12.5. The lowest BCUT2D eigenvalue weighted by atomic mass is 10.1. The summed E-state index contributed by atoms with van der Waals surface area (Å²) >= 11 is 0. The molecule has 35 heavy (non-hydrogen) atoms. The van der Waals surface area contributed by atoms with Crippen molar-refractivity contribution >= 4 is 23.9 Å². The highest BCUT2D eigenvalue weighted by Crippen LogP contribution is 2.09. The highest BCUT2D eigenvalue weighted by Gasteiger charge is 2.14. The van der Waals surface area contributed by atoms with E-state index in [0.29, 0.717) is 45.6 Å². The first kappa shape index (κ1) is 32.8. The van der Waals surface area contributed by atoms with Crippen LogP contribution in [0.5, 0.6) is 0 Å². The van der Waals surface area contributed by atoms with Crippen LogP contribution < -0.4 is 16.8 Å². The fourth-order valence-corrected chi connectivity index (χ4v) is 3.13. The number of unbranched alkanes of at least 4 members (excludes halogenated alkanes) is 5. The monoisotopic (exact) mass is 503 g/mol. The Bertz CT molecular complexity index is 553. The average Bonchev–Trinajstić information content (AvgIpc) is 2.82. The van der Waals surface area contributed by atoms with Crippen LogP contribution in [0.15, 0.2) is 0 Å². The maximum Gasteiger partial charge on any atom is 0.322 e. The Hall–Kier alpha value is -2.24. The molecule has 0 saturated heterocycles. The fourth-order valence-electron chi connectivity index (χ4n) is 3.13. The summed E-state index contributed by atoms with van der Waals surface area (Å²) in [6.45, 7) is 4.90. The minimum Gasteiger partial charge on any atom is -0.465 e. The molecule has 0 aliphatic carbocycles. The van der Waals surface area contributed by atoms with E-state index in [4.69, 9.17) is 30.4 Å². The van der Waals surface area contributed by atoms with Gasteiger partial charge in [0.05, 0.1) is 19.6 Å². The molecule has 5 N–H and O–H groups in total. The Labute approximate surface area is 208 Å². The van der Waals surface area contributed by atoms with Gasteiger partial charge in [-0.15, -0.1) is 0 Å². The van der Waals surface area contributed by atoms with E-state index < -0.39 is 24.0 Å². The first-order valence-electron chi connectivity index (χ1n) is 12.7. The zero-order chi connectivity index (χ0) is 26.3. The summed E-state index contributed by atoms with van der Waals surface area (Å²) in [5.74, 6) is -1.59. The van der Waals surface area contributed by atoms with Gasteiger partial charge in [-0.1, -0.05) is 32.1 Å². The van der Waals surface area contributed by atoms with E-state index in [9.17, 15) is 19.2 Å². The van der Waals surface area contributed by atoms with Gasteiger partial charge in [0.25, 0.3) is 0 Å². The second-order valence-electron chi connectivity index (χ2n) is 8.17. The number of hydrogen-bond acceptors (Lipinski definition) is 11. The summed E-state index contributed by atoms with van der Waals surface area (Å²) in [5.41, 5.74) is 11.5. The number of hydrogen-bond donors (Lipinski definition) is 3. The van der Waals surface area contributed by atoms with Crippen molar-refractivity contribution in [3.05, 3.63) is 0 Å². The average molecular weight is 504 g/mol. The van der Waals surface area contributed by atoms with E-state index in [-0.39, 0.29) is 31.6 Å². The molecule has 0 bridgehead atoms. The standard InChI is InChI=1S/C24H45N3O8/c1-3-32-23(30)19(25)12-8-6-5-7-9-14-21(28)34-18-35-22(29)15-17-27-16-11-10-13-20(26)24(31)33-4-2/h19-20,27H,3-18,25-26H2,1-2H3. The third-order valence-corrected chi connectivity index (χ3v) is 5.14. The first-order valence-corrected chi connectivity index (χ1v) is 12.7. The molecule has 0 spiro atoms. The number of carbonyl (C=O) groups is 4. The van der Waals surface area contributed by atoms with Crippen LogP contribution in [0.25, 0.3) is 0 Å². The smallest absolute Gasteiger partial charge is 0.322 e. The molecule has 11 nitrogen and oxygen atoms in total. The summed E-state index contributed by atoms with van der Waals surface area (Å²) in [6.07, 6.45) is 7.42. The van der Waals surface area contributed by atoms with Gasteiger partial charge in [0.2, 0.25) is 6.79 Å². The van der Waals surface area contributed by atoms with E-state index in [1.54, 1.807) is 13.8 Å². The Morgan fingerprint density at radius 2 is 1.11 bits per heavy atom. The van der Waals surface area contributed by atoms with Crippen molar-refractivity contribution in [1.29, 1.82) is 0 Å². The Morgan fingerprint density at radius 1 is 0.629 bits per heavy atom. The number of carbonyl (C=O) groups excluding carboxylic acids is 4. The van der Waals surface area contributed by atoms with E-state index in [1.165, 1.54) is 0 Å². The molecule has 0 aromatic rings. The molecule has 0 saturated carbocycles. The lowest BCUT2D eigenvalue weighted by Gasteiger charge is -2.10. The van der Waals surface area contributed by atoms with Gasteiger partial charge < -0.3 is 35.7 Å². The second kappa shape index (κ2) is 22.2. The van der Waals surface area contributed by atoms with Gasteiger partial charge in [-0.2, -0.15) is 0 Å². The third-order valence-electron chi connectivity index (χ3n) is 5.14. The van der Waals surface area contributed by atoms with Gasteiger partial charge >= 0.3 is 23.9 Å². The lowest BCUT2D eigenvalue weighted by molar-refractivity contribution is -0.167. The molecule has 0 heterocycles. The Balaban J connectivity index is 3.52. The van der Waals surface area contributed by atoms with E-state index >= 15 is 0 Å². The Morgan fingerprint density at radius 3 is 1.69 bits per heavy atom. The van der Waals surface area contributed by atoms with Crippen molar-refractivity contribution in [2.45, 2.75) is 96.6 Å². The first-order chi connectivity index (χ1) is 16.8. The molecule has 204 valence electrons. The maximum atomic E-state index is 11.7. The van der Waals surface area contributed by atoms with Gasteiger partial charge in [0.1, 0.15) is 12.1 Å². The molecule has 0 aliphatic heterocycles. The summed E-state index contributed by atoms with van der Waals surface area (Å²) in [6, 6.07) is -1.17. The van der Waals surface area contributed by atoms with Crippen LogP contribution in [-0.4, -0.2) is 69.1 Å². The molecular formula is C24H45N3O8. The fraction of sp³-hybridized carbons (Fsp3) is 0.833. The van der Waals surface area contributed by atoms with Crippen LogP contribution in [0, 0.1) is 0 Å². The lowest BCUT2D eigenvalue weighted by Crippen LogP contribution is -2.32. The second-order valence-corrected chi connectivity index (χ2v) is 8.17. The van der Waals surface area contributed by atoms with E-state index in [0.717, 1.165) is 38.5 Å². The molecule has 0 rings (SSSR count). The number of ether oxygens (including phenoxy) is 4. The molecule has 0 aromatic carbocycles. The number of nitrogens with one attached hydrogen (secondary N) is 1. The number of nitrogens with two attached hydrogens (primary N) is 2. The summed E-state index contributed by atoms with van der Waals surface area (Å²) in [7, 11) is 0. The molecule has 2 atom stereocenters. The topological polar surface area (TPSA) is 169 Å². The highest BCUT2D eigenvalue weighted by molar-refractivity contribution is 5.75. The molecule has 11 heteroatoms. The molecular weight excluding hydrogens is 458 g/mol. The molecule has 0 fully saturated rings. The largest absolute Gasteiger partial charge is 0.465 e. The van der Waals surface area contributed by atoms with Crippen LogP contribution in [0.3, 0.4) is 0 Å². The van der Waals surface area contributed by atoms with Crippen molar-refractivity contribution < 1.29 is 38.1 Å². The van der Waals surface area contributed by atoms with Crippen LogP contribution in [0.4, 0.5) is 0 Å². The molecule has 2 unspecified atom stereocenters. The summed E-state index contributed by atoms with van der Waals surface area (Å²) < 4.78 is 19.5. The van der Waals surface area contributed by atoms with Crippen LogP contribution in [0.2, 0.25) is 0 Å². The van der Waals surface area contributed by atoms with Crippen molar-refractivity contribution in [3.63, 3.8) is 0 Å². The minimum absolute atomic E-state index is 0.166. The van der Waals surface area contributed by atoms with Gasteiger partial charge in [0, 0.05) is 13.0 Å². The number of esters is 4. The third kappa shape index (κ3) is 19.7. The molecule has 0 amide bonds. The highest BCUT2D eigenvalue weighted by atomic mass is 16.7. The van der Waals surface area contributed by atoms with Crippen molar-refractivity contribution in [2.24, 2.45) is 11.5 Å². The minimum atomic E-state index is -0.596. The van der Waals surface area contributed by atoms with Crippen LogP contribution >= 0.6 is 0 Å². The van der Waals surface area contributed by atoms with Gasteiger partial charge in [-0.25, -0.2) is 0 Å². The SMILES string of the molecule is CCOC(=O)C(N)CCCCCCCC(=O)OCOC(=O)CCNCCCCC(N)C(=O)OCC. The number of rotatable bonds is 22. The van der Waals surface area contributed by atoms with E-state index in [1.807, 2.05) is 0 Å².